The molecule has 1 aromatic rings. The molecule has 1 heterocycles. The minimum absolute atomic E-state index is 0.0279. The molecule has 0 bridgehead atoms. The van der Waals surface area contributed by atoms with E-state index in [-0.39, 0.29) is 29.2 Å². The van der Waals surface area contributed by atoms with Crippen LogP contribution in [0.2, 0.25) is 0 Å². The Morgan fingerprint density at radius 3 is 2.57 bits per heavy atom. The summed E-state index contributed by atoms with van der Waals surface area (Å²) in [5.41, 5.74) is 1.16. The Hall–Kier alpha value is -1.55. The lowest BCUT2D eigenvalue weighted by molar-refractivity contribution is 0.0365. The lowest BCUT2D eigenvalue weighted by atomic mass is 9.85. The summed E-state index contributed by atoms with van der Waals surface area (Å²) in [6, 6.07) is 5.09. The Balaban J connectivity index is 2.28. The van der Waals surface area contributed by atoms with Gasteiger partial charge in [-0.05, 0) is 43.4 Å². The first kappa shape index (κ1) is 15.8. The first-order chi connectivity index (χ1) is 9.70. The molecule has 2 N–H and O–H groups in total. The number of piperidine rings is 1. The molecule has 116 valence electrons. The maximum atomic E-state index is 12.7. The molecule has 1 aliphatic rings. The monoisotopic (exact) mass is 291 g/mol. The third kappa shape index (κ3) is 3.38. The zero-order chi connectivity index (χ0) is 15.8. The summed E-state index contributed by atoms with van der Waals surface area (Å²) < 4.78 is 0. The summed E-state index contributed by atoms with van der Waals surface area (Å²) in [4.78, 5) is 14.5. The Labute approximate surface area is 126 Å². The van der Waals surface area contributed by atoms with Crippen molar-refractivity contribution in [3.63, 3.8) is 0 Å². The van der Waals surface area contributed by atoms with Crippen LogP contribution in [0, 0.1) is 0 Å². The third-order valence-corrected chi connectivity index (χ3v) is 4.16. The Morgan fingerprint density at radius 1 is 1.33 bits per heavy atom. The number of likely N-dealkylation sites (tertiary alicyclic amines) is 1. The highest BCUT2D eigenvalue weighted by Gasteiger charge is 2.29. The number of hydrogen-bond donors (Lipinski definition) is 2. The van der Waals surface area contributed by atoms with Crippen LogP contribution in [0.25, 0.3) is 0 Å². The normalized spacial score (nSPS) is 23.2. The van der Waals surface area contributed by atoms with E-state index in [9.17, 15) is 15.0 Å². The predicted octanol–water partition coefficient (Wildman–Crippen LogP) is 2.68. The maximum Gasteiger partial charge on any atom is 0.254 e. The van der Waals surface area contributed by atoms with E-state index < -0.39 is 0 Å². The van der Waals surface area contributed by atoms with Gasteiger partial charge in [0.15, 0.2) is 0 Å². The van der Waals surface area contributed by atoms with Crippen molar-refractivity contribution in [2.75, 3.05) is 6.54 Å². The zero-order valence-electron chi connectivity index (χ0n) is 13.3. The van der Waals surface area contributed by atoms with Gasteiger partial charge in [0.05, 0.1) is 6.10 Å². The zero-order valence-corrected chi connectivity index (χ0v) is 13.3. The van der Waals surface area contributed by atoms with E-state index in [2.05, 4.69) is 0 Å². The van der Waals surface area contributed by atoms with Gasteiger partial charge in [-0.3, -0.25) is 4.79 Å². The van der Waals surface area contributed by atoms with E-state index in [0.29, 0.717) is 24.9 Å². The molecule has 0 spiro atoms. The number of benzene rings is 1. The van der Waals surface area contributed by atoms with E-state index in [1.165, 1.54) is 0 Å². The molecule has 0 saturated carbocycles. The van der Waals surface area contributed by atoms with Crippen molar-refractivity contribution in [1.82, 2.24) is 4.90 Å². The minimum atomic E-state index is -0.311. The molecule has 0 aromatic heterocycles. The summed E-state index contributed by atoms with van der Waals surface area (Å²) in [6.07, 6.45) is 0.935. The van der Waals surface area contributed by atoms with Gasteiger partial charge in [-0.25, -0.2) is 0 Å². The Bertz CT molecular complexity index is 533. The second-order valence-electron chi connectivity index (χ2n) is 7.01. The molecule has 1 amide bonds. The topological polar surface area (TPSA) is 60.8 Å². The van der Waals surface area contributed by atoms with Gasteiger partial charge < -0.3 is 15.1 Å². The lowest BCUT2D eigenvalue weighted by Crippen LogP contribution is -2.46. The van der Waals surface area contributed by atoms with E-state index in [1.54, 1.807) is 18.2 Å². The van der Waals surface area contributed by atoms with E-state index >= 15 is 0 Å². The molecular weight excluding hydrogens is 266 g/mol. The molecule has 1 fully saturated rings. The van der Waals surface area contributed by atoms with Crippen LogP contribution in [0.5, 0.6) is 5.75 Å². The first-order valence-corrected chi connectivity index (χ1v) is 7.52. The fourth-order valence-corrected chi connectivity index (χ4v) is 2.88. The lowest BCUT2D eigenvalue weighted by Gasteiger charge is -2.36. The second kappa shape index (κ2) is 5.68. The van der Waals surface area contributed by atoms with Crippen molar-refractivity contribution in [1.29, 1.82) is 0 Å². The maximum absolute atomic E-state index is 12.7. The summed E-state index contributed by atoms with van der Waals surface area (Å²) in [6.45, 7) is 8.57. The summed E-state index contributed by atoms with van der Waals surface area (Å²) in [5, 5.41) is 19.7. The van der Waals surface area contributed by atoms with Gasteiger partial charge in [-0.15, -0.1) is 0 Å². The molecule has 2 unspecified atom stereocenters. The van der Waals surface area contributed by atoms with Crippen molar-refractivity contribution in [2.45, 2.75) is 58.1 Å². The molecule has 2 atom stereocenters. The number of phenolic OH excluding ortho intramolecular Hbond substituents is 1. The number of phenols is 1. The first-order valence-electron chi connectivity index (χ1n) is 7.52. The number of carbonyl (C=O) groups is 1. The van der Waals surface area contributed by atoms with Crippen molar-refractivity contribution in [3.05, 3.63) is 29.3 Å². The standard InChI is InChI=1S/C17H25NO3/c1-11-9-13(19)7-8-18(11)16(21)12-5-6-15(20)14(10-12)17(2,3)4/h5-6,10-11,13,19-20H,7-9H2,1-4H3. The molecular formula is C17H25NO3. The third-order valence-electron chi connectivity index (χ3n) is 4.16. The number of carbonyl (C=O) groups excluding carboxylic acids is 1. The molecule has 0 aliphatic carbocycles. The molecule has 21 heavy (non-hydrogen) atoms. The van der Waals surface area contributed by atoms with Crippen LogP contribution < -0.4 is 0 Å². The molecule has 1 saturated heterocycles. The molecule has 4 nitrogen and oxygen atoms in total. The number of aliphatic hydroxyl groups excluding tert-OH is 1. The van der Waals surface area contributed by atoms with Crippen LogP contribution in [0.15, 0.2) is 18.2 Å². The van der Waals surface area contributed by atoms with Crippen LogP contribution >= 0.6 is 0 Å². The summed E-state index contributed by atoms with van der Waals surface area (Å²) in [5.74, 6) is 0.195. The Morgan fingerprint density at radius 2 is 2.00 bits per heavy atom. The number of rotatable bonds is 1. The predicted molar refractivity (Wildman–Crippen MR) is 82.5 cm³/mol. The van der Waals surface area contributed by atoms with E-state index in [0.717, 1.165) is 5.56 Å². The van der Waals surface area contributed by atoms with E-state index in [1.807, 2.05) is 32.6 Å². The number of aromatic hydroxyl groups is 1. The number of amides is 1. The number of hydrogen-bond acceptors (Lipinski definition) is 3. The van der Waals surface area contributed by atoms with Crippen molar-refractivity contribution in [2.24, 2.45) is 0 Å². The minimum Gasteiger partial charge on any atom is -0.508 e. The van der Waals surface area contributed by atoms with Gasteiger partial charge >= 0.3 is 0 Å². The van der Waals surface area contributed by atoms with Crippen molar-refractivity contribution < 1.29 is 15.0 Å². The molecule has 0 radical (unpaired) electrons. The summed E-state index contributed by atoms with van der Waals surface area (Å²) >= 11 is 0. The Kier molecular flexibility index (Phi) is 4.28. The SMILES string of the molecule is CC1CC(O)CCN1C(=O)c1ccc(O)c(C(C)(C)C)c1. The van der Waals surface area contributed by atoms with Gasteiger partial charge in [0.25, 0.3) is 5.91 Å². The summed E-state index contributed by atoms with van der Waals surface area (Å²) in [7, 11) is 0. The fourth-order valence-electron chi connectivity index (χ4n) is 2.88. The smallest absolute Gasteiger partial charge is 0.254 e. The van der Waals surface area contributed by atoms with Crippen molar-refractivity contribution in [3.8, 4) is 5.75 Å². The quantitative estimate of drug-likeness (QED) is 0.836. The van der Waals surface area contributed by atoms with Gasteiger partial charge in [-0.1, -0.05) is 20.8 Å². The van der Waals surface area contributed by atoms with Gasteiger partial charge in [0.1, 0.15) is 5.75 Å². The van der Waals surface area contributed by atoms with Crippen LogP contribution in [0.4, 0.5) is 0 Å². The van der Waals surface area contributed by atoms with Crippen LogP contribution in [-0.4, -0.2) is 39.7 Å². The molecule has 2 rings (SSSR count). The van der Waals surface area contributed by atoms with Gasteiger partial charge in [0.2, 0.25) is 0 Å². The molecule has 1 aromatic carbocycles. The van der Waals surface area contributed by atoms with Gasteiger partial charge in [0, 0.05) is 23.7 Å². The number of aliphatic hydroxyl groups is 1. The second-order valence-corrected chi connectivity index (χ2v) is 7.01. The average Bonchev–Trinajstić information content (AvgIpc) is 2.37. The number of nitrogens with zero attached hydrogens (tertiary/aromatic N) is 1. The largest absolute Gasteiger partial charge is 0.508 e. The van der Waals surface area contributed by atoms with Crippen LogP contribution in [0.3, 0.4) is 0 Å². The average molecular weight is 291 g/mol. The highest BCUT2D eigenvalue weighted by molar-refractivity contribution is 5.95. The van der Waals surface area contributed by atoms with Gasteiger partial charge in [-0.2, -0.15) is 0 Å². The molecule has 4 heteroatoms. The highest BCUT2D eigenvalue weighted by Crippen LogP contribution is 2.32. The van der Waals surface area contributed by atoms with Crippen LogP contribution in [0.1, 0.15) is 56.5 Å². The van der Waals surface area contributed by atoms with Crippen molar-refractivity contribution >= 4 is 5.91 Å². The highest BCUT2D eigenvalue weighted by atomic mass is 16.3. The fraction of sp³-hybridized carbons (Fsp3) is 0.588. The molecule has 1 aliphatic heterocycles. The van der Waals surface area contributed by atoms with E-state index in [4.69, 9.17) is 0 Å². The van der Waals surface area contributed by atoms with Crippen LogP contribution in [-0.2, 0) is 5.41 Å².